The Kier molecular flexibility index (Phi) is 4.34. The summed E-state index contributed by atoms with van der Waals surface area (Å²) < 4.78 is 4.71. The van der Waals surface area contributed by atoms with Crippen LogP contribution in [0, 0.1) is 0 Å². The molecular weight excluding hydrogens is 298 g/mol. The third kappa shape index (κ3) is 3.25. The van der Waals surface area contributed by atoms with Crippen LogP contribution in [-0.2, 0) is 17.6 Å². The van der Waals surface area contributed by atoms with E-state index in [9.17, 15) is 4.79 Å². The van der Waals surface area contributed by atoms with Gasteiger partial charge in [0, 0.05) is 16.8 Å². The maximum Gasteiger partial charge on any atom is 0.337 e. The molecule has 0 amide bonds. The fraction of sp³-hybridized carbons (Fsp3) is 0.278. The summed E-state index contributed by atoms with van der Waals surface area (Å²) in [5, 5.41) is 4.36. The van der Waals surface area contributed by atoms with E-state index in [1.54, 1.807) is 0 Å². The van der Waals surface area contributed by atoms with Crippen molar-refractivity contribution in [2.24, 2.45) is 0 Å². The second kappa shape index (κ2) is 6.41. The Balaban J connectivity index is 1.67. The van der Waals surface area contributed by atoms with E-state index in [1.807, 2.05) is 42.5 Å². The second-order valence-electron chi connectivity index (χ2n) is 5.57. The molecule has 22 heavy (non-hydrogen) atoms. The van der Waals surface area contributed by atoms with Crippen molar-refractivity contribution >= 4 is 23.3 Å². The van der Waals surface area contributed by atoms with Crippen LogP contribution in [0.25, 0.3) is 0 Å². The van der Waals surface area contributed by atoms with E-state index in [1.165, 1.54) is 23.9 Å². The van der Waals surface area contributed by atoms with E-state index < -0.39 is 0 Å². The molecule has 0 saturated heterocycles. The Hall–Kier alpha value is -2.00. The zero-order valence-corrected chi connectivity index (χ0v) is 13.2. The Bertz CT molecular complexity index is 682. The van der Waals surface area contributed by atoms with Crippen molar-refractivity contribution in [1.29, 1.82) is 0 Å². The lowest BCUT2D eigenvalue weighted by Crippen LogP contribution is -2.27. The minimum atomic E-state index is -0.298. The molecule has 4 heteroatoms. The molecule has 0 saturated carbocycles. The highest BCUT2D eigenvalue weighted by molar-refractivity contribution is 6.30. The fourth-order valence-electron chi connectivity index (χ4n) is 2.86. The molecule has 0 fully saturated rings. The number of carbonyl (C=O) groups is 1. The Morgan fingerprint density at radius 1 is 1.27 bits per heavy atom. The lowest BCUT2D eigenvalue weighted by molar-refractivity contribution is 0.0600. The molecule has 0 aromatic heterocycles. The average molecular weight is 316 g/mol. The Morgan fingerprint density at radius 2 is 2.05 bits per heavy atom. The normalized spacial score (nSPS) is 16.5. The van der Waals surface area contributed by atoms with Gasteiger partial charge >= 0.3 is 5.97 Å². The van der Waals surface area contributed by atoms with E-state index in [2.05, 4.69) is 5.32 Å². The molecule has 1 aliphatic rings. The first kappa shape index (κ1) is 14.9. The van der Waals surface area contributed by atoms with Gasteiger partial charge in [-0.15, -0.1) is 0 Å². The summed E-state index contributed by atoms with van der Waals surface area (Å²) in [5.74, 6) is -0.298. The predicted molar refractivity (Wildman–Crippen MR) is 88.7 cm³/mol. The second-order valence-corrected chi connectivity index (χ2v) is 6.01. The van der Waals surface area contributed by atoms with E-state index in [-0.39, 0.29) is 5.97 Å². The number of aryl methyl sites for hydroxylation is 1. The van der Waals surface area contributed by atoms with Gasteiger partial charge in [0.05, 0.1) is 12.7 Å². The number of hydrogen-bond acceptors (Lipinski definition) is 3. The number of hydrogen-bond donors (Lipinski definition) is 1. The van der Waals surface area contributed by atoms with Gasteiger partial charge < -0.3 is 10.1 Å². The number of methoxy groups -OCH3 is 1. The standard InChI is InChI=1S/C18H18ClNO2/c1-22-18(21)13-4-2-12(3-5-13)10-16-8-6-14-11-15(19)7-9-17(14)20-16/h2-5,7,9,11,16,20H,6,8,10H2,1H3. The van der Waals surface area contributed by atoms with Crippen LogP contribution in [0.3, 0.4) is 0 Å². The number of halogens is 1. The van der Waals surface area contributed by atoms with Crippen molar-refractivity contribution in [3.05, 3.63) is 64.2 Å². The van der Waals surface area contributed by atoms with Gasteiger partial charge in [-0.2, -0.15) is 0 Å². The molecule has 2 aromatic rings. The molecule has 0 aliphatic carbocycles. The zero-order valence-electron chi connectivity index (χ0n) is 12.4. The first-order valence-corrected chi connectivity index (χ1v) is 7.76. The highest BCUT2D eigenvalue weighted by atomic mass is 35.5. The summed E-state index contributed by atoms with van der Waals surface area (Å²) in [6.45, 7) is 0. The first-order valence-electron chi connectivity index (χ1n) is 7.38. The van der Waals surface area contributed by atoms with E-state index in [0.29, 0.717) is 11.6 Å². The molecule has 2 aromatic carbocycles. The van der Waals surface area contributed by atoms with Crippen LogP contribution < -0.4 is 5.32 Å². The smallest absolute Gasteiger partial charge is 0.337 e. The van der Waals surface area contributed by atoms with E-state index in [0.717, 1.165) is 24.3 Å². The number of rotatable bonds is 3. The van der Waals surface area contributed by atoms with Crippen LogP contribution >= 0.6 is 11.6 Å². The van der Waals surface area contributed by atoms with E-state index in [4.69, 9.17) is 16.3 Å². The van der Waals surface area contributed by atoms with Crippen molar-refractivity contribution in [3.63, 3.8) is 0 Å². The monoisotopic (exact) mass is 315 g/mol. The number of benzene rings is 2. The van der Waals surface area contributed by atoms with Crippen LogP contribution in [0.15, 0.2) is 42.5 Å². The molecule has 3 nitrogen and oxygen atoms in total. The van der Waals surface area contributed by atoms with Crippen LogP contribution in [0.1, 0.15) is 27.9 Å². The molecule has 0 radical (unpaired) electrons. The molecule has 1 heterocycles. The maximum atomic E-state index is 11.4. The summed E-state index contributed by atoms with van der Waals surface area (Å²) in [7, 11) is 1.39. The number of carbonyl (C=O) groups excluding carboxylic acids is 1. The number of anilines is 1. The number of esters is 1. The van der Waals surface area contributed by atoms with E-state index >= 15 is 0 Å². The van der Waals surface area contributed by atoms with Gasteiger partial charge in [0.25, 0.3) is 0 Å². The van der Waals surface area contributed by atoms with Gasteiger partial charge in [0.15, 0.2) is 0 Å². The maximum absolute atomic E-state index is 11.4. The molecule has 1 aliphatic heterocycles. The van der Waals surface area contributed by atoms with Crippen molar-refractivity contribution in [2.45, 2.75) is 25.3 Å². The van der Waals surface area contributed by atoms with Gasteiger partial charge in [-0.05, 0) is 60.7 Å². The number of ether oxygens (including phenoxy) is 1. The molecule has 1 unspecified atom stereocenters. The largest absolute Gasteiger partial charge is 0.465 e. The van der Waals surface area contributed by atoms with Crippen LogP contribution in [0.2, 0.25) is 5.02 Å². The van der Waals surface area contributed by atoms with Crippen LogP contribution in [0.4, 0.5) is 5.69 Å². The van der Waals surface area contributed by atoms with Crippen molar-refractivity contribution in [3.8, 4) is 0 Å². The van der Waals surface area contributed by atoms with Gasteiger partial charge in [0.1, 0.15) is 0 Å². The summed E-state index contributed by atoms with van der Waals surface area (Å²) in [4.78, 5) is 11.4. The quantitative estimate of drug-likeness (QED) is 0.867. The highest BCUT2D eigenvalue weighted by Crippen LogP contribution is 2.28. The Morgan fingerprint density at radius 3 is 2.77 bits per heavy atom. The lowest BCUT2D eigenvalue weighted by Gasteiger charge is -2.27. The lowest BCUT2D eigenvalue weighted by atomic mass is 9.93. The summed E-state index contributed by atoms with van der Waals surface area (Å²) in [6.07, 6.45) is 3.05. The molecular formula is C18H18ClNO2. The molecule has 1 N–H and O–H groups in total. The third-order valence-corrected chi connectivity index (χ3v) is 4.28. The number of nitrogens with one attached hydrogen (secondary N) is 1. The average Bonchev–Trinajstić information content (AvgIpc) is 2.55. The topological polar surface area (TPSA) is 38.3 Å². The molecule has 0 bridgehead atoms. The summed E-state index contributed by atoms with van der Waals surface area (Å²) in [6, 6.07) is 14.0. The highest BCUT2D eigenvalue weighted by Gasteiger charge is 2.18. The Labute approximate surface area is 135 Å². The SMILES string of the molecule is COC(=O)c1ccc(CC2CCc3cc(Cl)ccc3N2)cc1. The first-order chi connectivity index (χ1) is 10.7. The summed E-state index contributed by atoms with van der Waals surface area (Å²) >= 11 is 6.03. The fourth-order valence-corrected chi connectivity index (χ4v) is 3.06. The minimum Gasteiger partial charge on any atom is -0.465 e. The van der Waals surface area contributed by atoms with Gasteiger partial charge in [0.2, 0.25) is 0 Å². The van der Waals surface area contributed by atoms with Crippen LogP contribution in [0.5, 0.6) is 0 Å². The molecule has 114 valence electrons. The molecule has 0 spiro atoms. The number of fused-ring (bicyclic) bond motifs is 1. The minimum absolute atomic E-state index is 0.298. The van der Waals surface area contributed by atoms with Crippen molar-refractivity contribution < 1.29 is 9.53 Å². The zero-order chi connectivity index (χ0) is 15.5. The van der Waals surface area contributed by atoms with Gasteiger partial charge in [-0.3, -0.25) is 0 Å². The molecule has 1 atom stereocenters. The third-order valence-electron chi connectivity index (χ3n) is 4.05. The predicted octanol–water partition coefficient (Wildman–Crippen LogP) is 4.10. The summed E-state index contributed by atoms with van der Waals surface area (Å²) in [5.41, 5.74) is 4.25. The van der Waals surface area contributed by atoms with Gasteiger partial charge in [-0.25, -0.2) is 4.79 Å². The molecule has 3 rings (SSSR count). The van der Waals surface area contributed by atoms with Gasteiger partial charge in [-0.1, -0.05) is 23.7 Å². The van der Waals surface area contributed by atoms with Crippen LogP contribution in [-0.4, -0.2) is 19.1 Å². The van der Waals surface area contributed by atoms with Crippen molar-refractivity contribution in [1.82, 2.24) is 0 Å². The van der Waals surface area contributed by atoms with Crippen molar-refractivity contribution in [2.75, 3.05) is 12.4 Å².